The van der Waals surface area contributed by atoms with Gasteiger partial charge in [0.2, 0.25) is 5.13 Å². The molecule has 8 heteroatoms. The van der Waals surface area contributed by atoms with Crippen LogP contribution in [-0.4, -0.2) is 52.1 Å². The Morgan fingerprint density at radius 3 is 2.78 bits per heavy atom. The van der Waals surface area contributed by atoms with E-state index < -0.39 is 0 Å². The molecule has 0 radical (unpaired) electrons. The van der Waals surface area contributed by atoms with E-state index in [0.29, 0.717) is 5.01 Å². The third-order valence-corrected chi connectivity index (χ3v) is 3.38. The fourth-order valence-corrected chi connectivity index (χ4v) is 2.33. The number of aromatic nitrogens is 2. The summed E-state index contributed by atoms with van der Waals surface area (Å²) in [5.74, 6) is -0.194. The lowest BCUT2D eigenvalue weighted by molar-refractivity contribution is -0.125. The molecule has 18 heavy (non-hydrogen) atoms. The SMILES string of the molecule is CCCNc1nnc(CN2C(=O)CN(C)C2=O)s1. The van der Waals surface area contributed by atoms with Gasteiger partial charge in [0.05, 0.1) is 6.54 Å². The van der Waals surface area contributed by atoms with Gasteiger partial charge in [-0.1, -0.05) is 18.3 Å². The van der Waals surface area contributed by atoms with E-state index in [4.69, 9.17) is 0 Å². The van der Waals surface area contributed by atoms with Crippen LogP contribution in [0.15, 0.2) is 0 Å². The van der Waals surface area contributed by atoms with Gasteiger partial charge in [-0.15, -0.1) is 10.2 Å². The van der Waals surface area contributed by atoms with Gasteiger partial charge in [-0.2, -0.15) is 0 Å². The molecule has 0 aromatic carbocycles. The van der Waals surface area contributed by atoms with Crippen LogP contribution in [0.25, 0.3) is 0 Å². The molecular weight excluding hydrogens is 254 g/mol. The Hall–Kier alpha value is -1.70. The van der Waals surface area contributed by atoms with Crippen molar-refractivity contribution in [2.45, 2.75) is 19.9 Å². The van der Waals surface area contributed by atoms with Crippen molar-refractivity contribution in [3.8, 4) is 0 Å². The number of rotatable bonds is 5. The summed E-state index contributed by atoms with van der Waals surface area (Å²) in [5.41, 5.74) is 0. The molecule has 0 spiro atoms. The Balaban J connectivity index is 1.99. The summed E-state index contributed by atoms with van der Waals surface area (Å²) < 4.78 is 0. The van der Waals surface area contributed by atoms with Crippen molar-refractivity contribution in [3.63, 3.8) is 0 Å². The van der Waals surface area contributed by atoms with Crippen LogP contribution < -0.4 is 5.32 Å². The Morgan fingerprint density at radius 1 is 1.39 bits per heavy atom. The molecule has 0 unspecified atom stereocenters. The largest absolute Gasteiger partial charge is 0.360 e. The number of nitrogens with zero attached hydrogens (tertiary/aromatic N) is 4. The summed E-state index contributed by atoms with van der Waals surface area (Å²) in [6.45, 7) is 3.23. The number of anilines is 1. The summed E-state index contributed by atoms with van der Waals surface area (Å²) in [5, 5.41) is 12.4. The maximum Gasteiger partial charge on any atom is 0.327 e. The molecule has 1 aromatic rings. The van der Waals surface area contributed by atoms with Crippen LogP contribution in [0.4, 0.5) is 9.93 Å². The Bertz CT molecular complexity index is 461. The minimum absolute atomic E-state index is 0.137. The van der Waals surface area contributed by atoms with Gasteiger partial charge in [-0.25, -0.2) is 4.79 Å². The Morgan fingerprint density at radius 2 is 2.17 bits per heavy atom. The molecule has 1 aromatic heterocycles. The van der Waals surface area contributed by atoms with Gasteiger partial charge < -0.3 is 10.2 Å². The van der Waals surface area contributed by atoms with Crippen LogP contribution in [0.2, 0.25) is 0 Å². The lowest BCUT2D eigenvalue weighted by atomic mass is 10.5. The molecule has 1 aliphatic rings. The van der Waals surface area contributed by atoms with Crippen LogP contribution in [0.3, 0.4) is 0 Å². The second-order valence-electron chi connectivity index (χ2n) is 4.05. The quantitative estimate of drug-likeness (QED) is 0.798. The summed E-state index contributed by atoms with van der Waals surface area (Å²) in [6, 6.07) is -0.279. The Kier molecular flexibility index (Phi) is 3.75. The number of hydrogen-bond donors (Lipinski definition) is 1. The van der Waals surface area contributed by atoms with E-state index in [0.717, 1.165) is 18.1 Å². The summed E-state index contributed by atoms with van der Waals surface area (Å²) >= 11 is 1.37. The molecule has 0 aliphatic carbocycles. The lowest BCUT2D eigenvalue weighted by Gasteiger charge is -2.11. The van der Waals surface area contributed by atoms with E-state index in [1.165, 1.54) is 21.1 Å². The highest BCUT2D eigenvalue weighted by Gasteiger charge is 2.34. The van der Waals surface area contributed by atoms with Crippen molar-refractivity contribution in [1.29, 1.82) is 0 Å². The van der Waals surface area contributed by atoms with E-state index in [1.54, 1.807) is 7.05 Å². The number of likely N-dealkylation sites (N-methyl/N-ethyl adjacent to an activating group) is 1. The first kappa shape index (κ1) is 12.7. The molecule has 0 saturated carbocycles. The maximum atomic E-state index is 11.7. The molecule has 0 atom stereocenters. The highest BCUT2D eigenvalue weighted by Crippen LogP contribution is 2.19. The molecule has 2 rings (SSSR count). The molecule has 1 fully saturated rings. The molecule has 98 valence electrons. The first-order chi connectivity index (χ1) is 8.61. The number of urea groups is 1. The second kappa shape index (κ2) is 5.30. The molecule has 1 aliphatic heterocycles. The van der Waals surface area contributed by atoms with Gasteiger partial charge in [0.1, 0.15) is 11.6 Å². The third-order valence-electron chi connectivity index (χ3n) is 2.52. The molecular formula is C10H15N5O2S. The monoisotopic (exact) mass is 269 g/mol. The van der Waals surface area contributed by atoms with Crippen LogP contribution >= 0.6 is 11.3 Å². The normalized spacial score (nSPS) is 15.7. The second-order valence-corrected chi connectivity index (χ2v) is 5.11. The van der Waals surface area contributed by atoms with E-state index >= 15 is 0 Å². The van der Waals surface area contributed by atoms with Crippen LogP contribution in [0, 0.1) is 0 Å². The molecule has 1 N–H and O–H groups in total. The first-order valence-corrected chi connectivity index (χ1v) is 6.55. The van der Waals surface area contributed by atoms with E-state index in [1.807, 2.05) is 0 Å². The highest BCUT2D eigenvalue weighted by atomic mass is 32.1. The average Bonchev–Trinajstić information content (AvgIpc) is 2.88. The third kappa shape index (κ3) is 2.58. The van der Waals surface area contributed by atoms with Gasteiger partial charge in [0, 0.05) is 13.6 Å². The predicted molar refractivity (Wildman–Crippen MR) is 67.3 cm³/mol. The standard InChI is InChI=1S/C10H15N5O2S/c1-3-4-11-9-13-12-7(18-9)5-15-8(16)6-14(2)10(15)17/h3-6H2,1-2H3,(H,11,13). The molecule has 1 saturated heterocycles. The van der Waals surface area contributed by atoms with Crippen molar-refractivity contribution >= 4 is 28.4 Å². The van der Waals surface area contributed by atoms with Crippen molar-refractivity contribution in [1.82, 2.24) is 20.0 Å². The van der Waals surface area contributed by atoms with Crippen LogP contribution in [0.1, 0.15) is 18.4 Å². The minimum Gasteiger partial charge on any atom is -0.360 e. The minimum atomic E-state index is -0.279. The number of nitrogens with one attached hydrogen (secondary N) is 1. The van der Waals surface area contributed by atoms with Gasteiger partial charge in [0.15, 0.2) is 0 Å². The molecule has 7 nitrogen and oxygen atoms in total. The van der Waals surface area contributed by atoms with Gasteiger partial charge in [-0.05, 0) is 6.42 Å². The van der Waals surface area contributed by atoms with Crippen molar-refractivity contribution in [2.24, 2.45) is 0 Å². The summed E-state index contributed by atoms with van der Waals surface area (Å²) in [4.78, 5) is 25.8. The fraction of sp³-hybridized carbons (Fsp3) is 0.600. The molecule has 2 heterocycles. The first-order valence-electron chi connectivity index (χ1n) is 5.73. The zero-order valence-corrected chi connectivity index (χ0v) is 11.2. The fourth-order valence-electron chi connectivity index (χ4n) is 1.58. The average molecular weight is 269 g/mol. The number of carbonyl (C=O) groups excluding carboxylic acids is 2. The topological polar surface area (TPSA) is 78.4 Å². The number of hydrogen-bond acceptors (Lipinski definition) is 6. The number of amides is 3. The van der Waals surface area contributed by atoms with E-state index in [-0.39, 0.29) is 25.0 Å². The van der Waals surface area contributed by atoms with Crippen molar-refractivity contribution < 1.29 is 9.59 Å². The van der Waals surface area contributed by atoms with Crippen LogP contribution in [-0.2, 0) is 11.3 Å². The van der Waals surface area contributed by atoms with Gasteiger partial charge in [0.25, 0.3) is 5.91 Å². The van der Waals surface area contributed by atoms with Crippen LogP contribution in [0.5, 0.6) is 0 Å². The zero-order valence-electron chi connectivity index (χ0n) is 10.3. The smallest absolute Gasteiger partial charge is 0.327 e. The number of carbonyl (C=O) groups is 2. The number of imide groups is 1. The zero-order chi connectivity index (χ0) is 13.1. The summed E-state index contributed by atoms with van der Waals surface area (Å²) in [7, 11) is 1.61. The highest BCUT2D eigenvalue weighted by molar-refractivity contribution is 7.15. The molecule has 3 amide bonds. The van der Waals surface area contributed by atoms with Crippen molar-refractivity contribution in [3.05, 3.63) is 5.01 Å². The maximum absolute atomic E-state index is 11.7. The molecule has 0 bridgehead atoms. The van der Waals surface area contributed by atoms with Gasteiger partial charge in [-0.3, -0.25) is 9.69 Å². The Labute approximate surface area is 109 Å². The lowest BCUT2D eigenvalue weighted by Crippen LogP contribution is -2.30. The van der Waals surface area contributed by atoms with Crippen molar-refractivity contribution in [2.75, 3.05) is 25.5 Å². The predicted octanol–water partition coefficient (Wildman–Crippen LogP) is 0.754. The van der Waals surface area contributed by atoms with E-state index in [9.17, 15) is 9.59 Å². The van der Waals surface area contributed by atoms with E-state index in [2.05, 4.69) is 22.4 Å². The summed E-state index contributed by atoms with van der Waals surface area (Å²) in [6.07, 6.45) is 1.00. The van der Waals surface area contributed by atoms with Gasteiger partial charge >= 0.3 is 6.03 Å².